The van der Waals surface area contributed by atoms with Gasteiger partial charge in [-0.1, -0.05) is 0 Å². The highest BCUT2D eigenvalue weighted by Gasteiger charge is 2.27. The Hall–Kier alpha value is -1.53. The van der Waals surface area contributed by atoms with E-state index < -0.39 is 0 Å². The third-order valence-corrected chi connectivity index (χ3v) is 1.76. The maximum absolute atomic E-state index is 11.0. The first-order valence-corrected chi connectivity index (χ1v) is 3.40. The lowest BCUT2D eigenvalue weighted by atomic mass is 10.4. The van der Waals surface area contributed by atoms with Crippen molar-refractivity contribution >= 4 is 5.91 Å². The van der Waals surface area contributed by atoms with E-state index in [1.807, 2.05) is 0 Å². The van der Waals surface area contributed by atoms with Gasteiger partial charge in [0.05, 0.1) is 12.4 Å². The Labute approximate surface area is 68.7 Å². The van der Waals surface area contributed by atoms with Gasteiger partial charge in [-0.05, 0) is 0 Å². The van der Waals surface area contributed by atoms with Gasteiger partial charge in [0.2, 0.25) is 0 Å². The van der Waals surface area contributed by atoms with Crippen LogP contribution in [0.3, 0.4) is 0 Å². The number of amides is 1. The molecule has 0 saturated carbocycles. The summed E-state index contributed by atoms with van der Waals surface area (Å²) in [6.07, 6.45) is 4.42. The summed E-state index contributed by atoms with van der Waals surface area (Å²) in [6.45, 7) is 0.163. The first kappa shape index (κ1) is 7.14. The molecule has 0 spiro atoms. The molecule has 0 atom stereocenters. The molecule has 6 nitrogen and oxygen atoms in total. The first-order valence-electron chi connectivity index (χ1n) is 3.40. The fourth-order valence-electron chi connectivity index (χ4n) is 1.12. The summed E-state index contributed by atoms with van der Waals surface area (Å²) in [5.41, 5.74) is 0. The van der Waals surface area contributed by atoms with Crippen LogP contribution in [0.5, 0.6) is 0 Å². The van der Waals surface area contributed by atoms with Gasteiger partial charge >= 0.3 is 0 Å². The Morgan fingerprint density at radius 2 is 2.25 bits per heavy atom. The minimum absolute atomic E-state index is 0.163. The van der Waals surface area contributed by atoms with E-state index in [-0.39, 0.29) is 12.5 Å². The highest BCUT2D eigenvalue weighted by atomic mass is 16.5. The van der Waals surface area contributed by atoms with Gasteiger partial charge in [-0.25, -0.2) is 10.9 Å². The maximum atomic E-state index is 11.0. The number of nitrogens with zero attached hydrogens (tertiary/aromatic N) is 3. The molecule has 2 aliphatic heterocycles. The molecule has 0 radical (unpaired) electrons. The molecule has 0 fully saturated rings. The average Bonchev–Trinajstić information content (AvgIpc) is 2.35. The van der Waals surface area contributed by atoms with Crippen LogP contribution in [0.2, 0.25) is 0 Å². The second-order valence-corrected chi connectivity index (χ2v) is 2.56. The molecule has 0 unspecified atom stereocenters. The number of nitrogens with two attached hydrogens (primary N) is 1. The Balaban J connectivity index is 2.32. The molecule has 1 amide bonds. The number of hydrogen-bond donors (Lipinski definition) is 2. The summed E-state index contributed by atoms with van der Waals surface area (Å²) in [5, 5.41) is 11.0. The van der Waals surface area contributed by atoms with Crippen molar-refractivity contribution in [1.82, 2.24) is 15.0 Å². The molecule has 3 N–H and O–H groups in total. The van der Waals surface area contributed by atoms with E-state index in [0.717, 1.165) is 10.1 Å². The molecule has 12 heavy (non-hydrogen) atoms. The first-order chi connectivity index (χ1) is 5.68. The van der Waals surface area contributed by atoms with Crippen molar-refractivity contribution in [2.45, 2.75) is 0 Å². The Kier molecular flexibility index (Phi) is 1.32. The fraction of sp³-hybridized carbons (Fsp3) is 0.167. The highest BCUT2D eigenvalue weighted by Crippen LogP contribution is 2.20. The number of hydrogen-bond acceptors (Lipinski definition) is 5. The van der Waals surface area contributed by atoms with E-state index in [2.05, 4.69) is 0 Å². The third kappa shape index (κ3) is 0.858. The zero-order valence-corrected chi connectivity index (χ0v) is 6.21. The number of fused-ring (bicyclic) bond motifs is 1. The van der Waals surface area contributed by atoms with Crippen LogP contribution >= 0.6 is 0 Å². The molecule has 0 aromatic carbocycles. The summed E-state index contributed by atoms with van der Waals surface area (Å²) >= 11 is 0. The Morgan fingerprint density at radius 1 is 1.50 bits per heavy atom. The van der Waals surface area contributed by atoms with Crippen molar-refractivity contribution in [2.24, 2.45) is 5.84 Å². The van der Waals surface area contributed by atoms with Gasteiger partial charge in [0.25, 0.3) is 5.91 Å². The lowest BCUT2D eigenvalue weighted by Gasteiger charge is -2.27. The third-order valence-electron chi connectivity index (χ3n) is 1.76. The Morgan fingerprint density at radius 3 is 3.00 bits per heavy atom. The van der Waals surface area contributed by atoms with E-state index in [1.165, 1.54) is 12.4 Å². The van der Waals surface area contributed by atoms with Crippen molar-refractivity contribution in [1.29, 1.82) is 0 Å². The molecule has 0 bridgehead atoms. The summed E-state index contributed by atoms with van der Waals surface area (Å²) in [7, 11) is 0. The summed E-state index contributed by atoms with van der Waals surface area (Å²) in [6, 6.07) is 0. The maximum Gasteiger partial charge on any atom is 0.260 e. The molecule has 6 heteroatoms. The minimum atomic E-state index is -0.210. The van der Waals surface area contributed by atoms with Crippen LogP contribution in [0.15, 0.2) is 24.4 Å². The largest absolute Gasteiger partial charge is 0.320 e. The predicted molar refractivity (Wildman–Crippen MR) is 38.6 cm³/mol. The van der Waals surface area contributed by atoms with Crippen LogP contribution in [-0.4, -0.2) is 32.6 Å². The van der Waals surface area contributed by atoms with Gasteiger partial charge in [-0.3, -0.25) is 15.0 Å². The molecule has 0 aromatic rings. The zero-order chi connectivity index (χ0) is 8.72. The van der Waals surface area contributed by atoms with Crippen molar-refractivity contribution in [3.05, 3.63) is 24.4 Å². The highest BCUT2D eigenvalue weighted by molar-refractivity contribution is 5.80. The molecule has 0 saturated heterocycles. The van der Waals surface area contributed by atoms with E-state index in [0.29, 0.717) is 5.82 Å². The van der Waals surface area contributed by atoms with E-state index in [9.17, 15) is 10.0 Å². The molecule has 2 aliphatic rings. The van der Waals surface area contributed by atoms with Crippen LogP contribution < -0.4 is 5.84 Å². The van der Waals surface area contributed by atoms with Crippen molar-refractivity contribution in [2.75, 3.05) is 6.54 Å². The van der Waals surface area contributed by atoms with Crippen LogP contribution in [-0.2, 0) is 4.79 Å². The SMILES string of the molecule is NN1C=C2N(O)C=CN2CC1=O. The molecule has 2 rings (SSSR count). The lowest BCUT2D eigenvalue weighted by molar-refractivity contribution is -0.131. The number of carbonyl (C=O) groups is 1. The monoisotopic (exact) mass is 168 g/mol. The molecular formula is C6H8N4O2. The number of carbonyl (C=O) groups excluding carboxylic acids is 1. The quantitative estimate of drug-likeness (QED) is 0.358. The van der Waals surface area contributed by atoms with Crippen LogP contribution in [0.1, 0.15) is 0 Å². The number of hydrazine groups is 1. The van der Waals surface area contributed by atoms with Crippen molar-refractivity contribution in [3.8, 4) is 0 Å². The van der Waals surface area contributed by atoms with Gasteiger partial charge in [-0.15, -0.1) is 0 Å². The molecule has 2 heterocycles. The minimum Gasteiger partial charge on any atom is -0.320 e. The average molecular weight is 168 g/mol. The van der Waals surface area contributed by atoms with Gasteiger partial charge in [0.15, 0.2) is 5.82 Å². The zero-order valence-electron chi connectivity index (χ0n) is 6.21. The van der Waals surface area contributed by atoms with Gasteiger partial charge in [0, 0.05) is 6.20 Å². The fourth-order valence-corrected chi connectivity index (χ4v) is 1.12. The van der Waals surface area contributed by atoms with Gasteiger partial charge in [0.1, 0.15) is 6.54 Å². The number of hydroxylamine groups is 2. The van der Waals surface area contributed by atoms with Gasteiger partial charge in [-0.2, -0.15) is 0 Å². The Bertz CT molecular complexity index is 285. The second-order valence-electron chi connectivity index (χ2n) is 2.56. The smallest absolute Gasteiger partial charge is 0.260 e. The molecule has 64 valence electrons. The van der Waals surface area contributed by atoms with Crippen molar-refractivity contribution in [3.63, 3.8) is 0 Å². The van der Waals surface area contributed by atoms with Crippen LogP contribution in [0, 0.1) is 0 Å². The normalized spacial score (nSPS) is 21.7. The number of rotatable bonds is 0. The summed E-state index contributed by atoms with van der Waals surface area (Å²) in [5.74, 6) is 5.59. The van der Waals surface area contributed by atoms with Crippen molar-refractivity contribution < 1.29 is 10.0 Å². The lowest BCUT2D eigenvalue weighted by Crippen LogP contribution is -2.45. The van der Waals surface area contributed by atoms with Gasteiger partial charge < -0.3 is 4.90 Å². The molecule has 0 aromatic heterocycles. The summed E-state index contributed by atoms with van der Waals surface area (Å²) < 4.78 is 0. The summed E-state index contributed by atoms with van der Waals surface area (Å²) in [4.78, 5) is 12.6. The topological polar surface area (TPSA) is 73.0 Å². The van der Waals surface area contributed by atoms with Crippen LogP contribution in [0.25, 0.3) is 0 Å². The standard InChI is InChI=1S/C6H8N4O2/c7-9-3-5-8(4-6(9)11)1-2-10(5)12/h1-3,12H,4,7H2. The van der Waals surface area contributed by atoms with E-state index >= 15 is 0 Å². The molecular weight excluding hydrogens is 160 g/mol. The van der Waals surface area contributed by atoms with E-state index in [1.54, 1.807) is 11.1 Å². The predicted octanol–water partition coefficient (Wildman–Crippen LogP) is -1.02. The molecule has 0 aliphatic carbocycles. The van der Waals surface area contributed by atoms with E-state index in [4.69, 9.17) is 5.84 Å². The van der Waals surface area contributed by atoms with Crippen LogP contribution in [0.4, 0.5) is 0 Å². The second kappa shape index (κ2) is 2.23.